The summed E-state index contributed by atoms with van der Waals surface area (Å²) in [5, 5.41) is 83.2. The molecular weight excluding hydrogens is 1560 g/mol. The lowest BCUT2D eigenvalue weighted by Gasteiger charge is -2.66. The minimum Gasteiger partial charge on any atom is -0.489 e. The summed E-state index contributed by atoms with van der Waals surface area (Å²) >= 11 is 0.878. The van der Waals surface area contributed by atoms with E-state index in [1.54, 1.807) is 92.6 Å². The van der Waals surface area contributed by atoms with Crippen LogP contribution in [0.5, 0.6) is 5.75 Å². The van der Waals surface area contributed by atoms with Crippen LogP contribution >= 0.6 is 11.8 Å². The molecule has 32 nitrogen and oxygen atoms in total. The van der Waals surface area contributed by atoms with E-state index in [-0.39, 0.29) is 39.2 Å². The van der Waals surface area contributed by atoms with Crippen LogP contribution in [0.4, 0.5) is 9.59 Å². The van der Waals surface area contributed by atoms with Gasteiger partial charge >= 0.3 is 47.9 Å². The van der Waals surface area contributed by atoms with Gasteiger partial charge in [-0.25, -0.2) is 33.7 Å². The Morgan fingerprint density at radius 2 is 1.08 bits per heavy atom. The van der Waals surface area contributed by atoms with E-state index in [2.05, 4.69) is 10.6 Å². The van der Waals surface area contributed by atoms with E-state index in [9.17, 15) is 64.2 Å². The number of alkyl carbamates (subject to hydrolysis) is 1. The molecule has 8 N–H and O–H groups in total. The fourth-order valence-corrected chi connectivity index (χ4v) is 19.4. The highest BCUT2D eigenvalue weighted by Crippen LogP contribution is 2.68. The smallest absolute Gasteiger partial charge is 0.408 e. The molecule has 0 unspecified atom stereocenters. The maximum absolute atomic E-state index is 16.6. The van der Waals surface area contributed by atoms with Crippen molar-refractivity contribution in [3.8, 4) is 5.75 Å². The molecule has 2 amide bonds. The number of hydrogen-bond acceptors (Lipinski definition) is 31. The van der Waals surface area contributed by atoms with Gasteiger partial charge < -0.3 is 83.9 Å². The molecule has 642 valence electrons. The van der Waals surface area contributed by atoms with Gasteiger partial charge in [0.2, 0.25) is 0 Å². The summed E-state index contributed by atoms with van der Waals surface area (Å²) in [5.74, 6) is -20.3. The number of carbonyl (C=O) groups is 11. The zero-order valence-electron chi connectivity index (χ0n) is 69.5. The monoisotopic (exact) mass is 1670 g/mol. The van der Waals surface area contributed by atoms with Crippen molar-refractivity contribution in [2.75, 3.05) is 0 Å². The lowest BCUT2D eigenvalue weighted by atomic mass is 9.46. The van der Waals surface area contributed by atoms with Crippen LogP contribution in [0.15, 0.2) is 113 Å². The van der Waals surface area contributed by atoms with E-state index < -0.39 is 248 Å². The summed E-state index contributed by atoms with van der Waals surface area (Å²) in [5.41, 5.74) is -15.0. The highest BCUT2D eigenvalue weighted by Gasteiger charge is 2.83. The Hall–Kier alpha value is -9.00. The number of thioether (sulfide) groups is 1. The molecule has 3 aromatic rings. The maximum atomic E-state index is 16.6. The number of nitrogens with one attached hydrogen (secondary N) is 2. The lowest BCUT2D eigenvalue weighted by Crippen LogP contribution is -2.81. The molecule has 6 fully saturated rings. The van der Waals surface area contributed by atoms with Gasteiger partial charge in [-0.15, -0.1) is 0 Å². The van der Waals surface area contributed by atoms with Gasteiger partial charge in [0.25, 0.3) is 16.8 Å². The van der Waals surface area contributed by atoms with Crippen molar-refractivity contribution >= 4 is 76.4 Å². The molecule has 4 bridgehead atoms. The third kappa shape index (κ3) is 15.9. The van der Waals surface area contributed by atoms with Crippen molar-refractivity contribution < 1.29 is 146 Å². The normalized spacial score (nSPS) is 33.4. The number of ketones is 2. The number of amides is 2. The standard InChI is InChI=1S/C85H106N2O30S/c1-39(2)33-50(86-75(102)118-77(12,13)14)60(92)72(99)107-52-38-83(104)68(64-80(19,53(91)35-55-84(64,116-114-55)111-44(7)89)67(96)63(105-43(6)88)58(42(52)5)79(83,17)18)110-71(98)48-27-24-28-49(34-48)106-54-36-56-85(117-115-56,112-45(8)90)65-69(109-70(97)47-25-22-21-23-26-47)82(103)37-51(41(4)57(78(82,15)16)61(93)66(95)81(54,65)20)108-73(100)62(94)59(46-31-29-40(3)30-32-46)87-74(101)113-76(9,10)11/h21-34,50-56,59-65,68-69,91-94,103-104H,35-38H2,1-20H3,(H,86,102)(H,87,101)/t50-,51-,52-,53-,54-,55+,56+,59-,60+,61+,62+,63+,64-,65-,68-,69-,80+,81+,82+,83+,84+,85+/m0/s1. The van der Waals surface area contributed by atoms with Crippen LogP contribution in [0.1, 0.15) is 195 Å². The molecule has 118 heavy (non-hydrogen) atoms. The SMILES string of the molecule is CC(=O)O[C@H]1C(=O)[C@@]2(C)[C@H]([C@H](OC(=O)c3cccc(O[C@H]4C[C@H]5OO[C@@]5(OC(C)=O)[C@H]5[C@H](OC(=O)c6ccccc6)[C@]6(O)C[C@H](OC(=O)[C@H](O)[C@@H](NC(=O)OC(C)(C)C)c7ccc(C)cc7)C(C)=C([C@@H](O)C(=O)[C@]45C)C6(C)C)c3)[C@]3(O)C[C@H](OC(=O)[C@H](O)[C@H](C=C(C)C)NC(=O)SC(C)(C)C)C(C)=C1C3(C)C)[C@]1(OC(C)=O)OO[C@@H]1C[C@@H]2O. The number of fused-ring (bicyclic) bond motifs is 10. The van der Waals surface area contributed by atoms with Gasteiger partial charge in [0, 0.05) is 62.0 Å². The van der Waals surface area contributed by atoms with E-state index in [0.717, 1.165) is 44.2 Å². The molecule has 3 aromatic carbocycles. The first kappa shape index (κ1) is 89.8. The predicted octanol–water partition coefficient (Wildman–Crippen LogP) is 7.89. The minimum absolute atomic E-state index is 0.00777. The number of allylic oxidation sites excluding steroid dienone is 1. The average Bonchev–Trinajstić information content (AvgIpc) is 0.672. The highest BCUT2D eigenvalue weighted by molar-refractivity contribution is 8.14. The molecule has 2 saturated heterocycles. The number of rotatable bonds is 19. The summed E-state index contributed by atoms with van der Waals surface area (Å²) in [6, 6.07) is 15.9. The van der Waals surface area contributed by atoms with Gasteiger partial charge in [-0.3, -0.25) is 28.8 Å². The van der Waals surface area contributed by atoms with Crippen LogP contribution in [0, 0.1) is 40.4 Å². The Balaban J connectivity index is 1.03. The van der Waals surface area contributed by atoms with Gasteiger partial charge in [-0.05, 0) is 127 Å². The Kier molecular flexibility index (Phi) is 24.5. The molecule has 33 heteroatoms. The molecule has 6 aliphatic carbocycles. The Morgan fingerprint density at radius 3 is 1.58 bits per heavy atom. The number of esters is 7. The van der Waals surface area contributed by atoms with Gasteiger partial charge in [0.05, 0.1) is 52.0 Å². The first-order valence-corrected chi connectivity index (χ1v) is 39.8. The number of aliphatic hydroxyl groups excluding tert-OH is 4. The van der Waals surface area contributed by atoms with Crippen LogP contribution in [-0.4, -0.2) is 208 Å². The number of Topliss-reactive ketones (excluding diaryl/α,β-unsaturated/α-hetero) is 2. The van der Waals surface area contributed by atoms with Gasteiger partial charge in [-0.2, -0.15) is 9.78 Å². The van der Waals surface area contributed by atoms with E-state index in [1.807, 2.05) is 0 Å². The second-order valence-electron chi connectivity index (χ2n) is 35.6. The summed E-state index contributed by atoms with van der Waals surface area (Å²) in [7, 11) is 0. The molecule has 8 aliphatic rings. The molecule has 0 spiro atoms. The fourth-order valence-electron chi connectivity index (χ4n) is 18.6. The van der Waals surface area contributed by atoms with Gasteiger partial charge in [0.1, 0.15) is 59.2 Å². The van der Waals surface area contributed by atoms with Crippen LogP contribution in [0.2, 0.25) is 0 Å². The Bertz CT molecular complexity index is 4620. The summed E-state index contributed by atoms with van der Waals surface area (Å²) in [4.78, 5) is 184. The lowest BCUT2D eigenvalue weighted by molar-refractivity contribution is -0.595. The first-order chi connectivity index (χ1) is 54.6. The highest BCUT2D eigenvalue weighted by atomic mass is 32.2. The van der Waals surface area contributed by atoms with Crippen LogP contribution in [0.25, 0.3) is 0 Å². The van der Waals surface area contributed by atoms with Crippen LogP contribution < -0.4 is 15.4 Å². The molecule has 2 heterocycles. The quantitative estimate of drug-likeness (QED) is 0.0245. The number of aliphatic hydroxyl groups is 6. The zero-order chi connectivity index (χ0) is 87.4. The van der Waals surface area contributed by atoms with E-state index in [4.69, 9.17) is 62.2 Å². The largest absolute Gasteiger partial charge is 0.489 e. The molecule has 11 rings (SSSR count). The molecule has 0 radical (unpaired) electrons. The third-order valence-corrected chi connectivity index (χ3v) is 25.4. The van der Waals surface area contributed by atoms with Gasteiger partial charge in [-0.1, -0.05) is 126 Å². The van der Waals surface area contributed by atoms with Crippen molar-refractivity contribution in [1.82, 2.24) is 10.6 Å². The van der Waals surface area contributed by atoms with Crippen molar-refractivity contribution in [2.24, 2.45) is 33.5 Å². The minimum atomic E-state index is -2.80. The zero-order valence-corrected chi connectivity index (χ0v) is 70.4. The summed E-state index contributed by atoms with van der Waals surface area (Å²) in [6.45, 7) is 29.2. The van der Waals surface area contributed by atoms with E-state index in [1.165, 1.54) is 104 Å². The van der Waals surface area contributed by atoms with E-state index in [0.29, 0.717) is 5.57 Å². The number of carbonyl (C=O) groups excluding carboxylic acids is 11. The fraction of sp³-hybridized carbons (Fsp3) is 0.588. The Morgan fingerprint density at radius 1 is 0.585 bits per heavy atom. The topological polar surface area (TPSA) is 453 Å². The van der Waals surface area contributed by atoms with Crippen molar-refractivity contribution in [2.45, 2.75) is 283 Å². The number of ether oxygens (including phenoxy) is 9. The number of hydrogen-bond donors (Lipinski definition) is 8. The van der Waals surface area contributed by atoms with Crippen LogP contribution in [-0.2, 0) is 91.0 Å². The molecule has 0 aromatic heterocycles. The van der Waals surface area contributed by atoms with Crippen LogP contribution in [0.3, 0.4) is 0 Å². The first-order valence-electron chi connectivity index (χ1n) is 38.9. The average molecular weight is 1670 g/mol. The van der Waals surface area contributed by atoms with Crippen molar-refractivity contribution in [1.29, 1.82) is 0 Å². The summed E-state index contributed by atoms with van der Waals surface area (Å²) < 4.78 is 55.7. The summed E-state index contributed by atoms with van der Waals surface area (Å²) in [6.07, 6.45) is -25.7. The molecule has 4 saturated carbocycles. The maximum Gasteiger partial charge on any atom is 0.408 e. The number of benzene rings is 3. The predicted molar refractivity (Wildman–Crippen MR) is 413 cm³/mol. The van der Waals surface area contributed by atoms with Crippen molar-refractivity contribution in [3.63, 3.8) is 0 Å². The van der Waals surface area contributed by atoms with E-state index >= 15 is 19.2 Å². The number of aryl methyl sites for hydroxylation is 1. The van der Waals surface area contributed by atoms with Crippen molar-refractivity contribution in [3.05, 3.63) is 135 Å². The third-order valence-electron chi connectivity index (χ3n) is 24.5. The second kappa shape index (κ2) is 32.2. The Labute approximate surface area is 686 Å². The second-order valence-corrected chi connectivity index (χ2v) is 37.4. The molecule has 2 aliphatic heterocycles. The van der Waals surface area contributed by atoms with Gasteiger partial charge in [0.15, 0.2) is 42.1 Å². The molecule has 22 atom stereocenters. The molecular formula is C85H106N2O30S.